The van der Waals surface area contributed by atoms with Crippen molar-refractivity contribution in [3.05, 3.63) is 70.6 Å². The number of nitrogens with zero attached hydrogens (tertiary/aromatic N) is 2. The number of nitroso groups, excluding NO2 is 1. The molecule has 2 atom stereocenters. The summed E-state index contributed by atoms with van der Waals surface area (Å²) in [6.07, 6.45) is -1.58. The molecule has 0 bridgehead atoms. The van der Waals surface area contributed by atoms with Crippen LogP contribution in [-0.2, 0) is 27.7 Å². The number of aliphatic hydroxyl groups is 1. The zero-order chi connectivity index (χ0) is 25.1. The summed E-state index contributed by atoms with van der Waals surface area (Å²) >= 11 is 0. The molecule has 0 aromatic heterocycles. The molecule has 2 aromatic carbocycles. The largest absolute Gasteiger partial charge is 0.450 e. The second-order valence-electron chi connectivity index (χ2n) is 8.38. The van der Waals surface area contributed by atoms with E-state index in [2.05, 4.69) is 10.5 Å². The molecule has 2 rings (SSSR count). The highest BCUT2D eigenvalue weighted by atomic mass is 32.2. The van der Waals surface area contributed by atoms with Gasteiger partial charge in [0.25, 0.3) is 0 Å². The van der Waals surface area contributed by atoms with Gasteiger partial charge in [-0.05, 0) is 42.5 Å². The second kappa shape index (κ2) is 13.2. The van der Waals surface area contributed by atoms with Gasteiger partial charge in [-0.2, -0.15) is 9.21 Å². The van der Waals surface area contributed by atoms with Gasteiger partial charge in [0.2, 0.25) is 10.0 Å². The molecular formula is C24H33N3O6S. The summed E-state index contributed by atoms with van der Waals surface area (Å²) in [6, 6.07) is 14.5. The second-order valence-corrected chi connectivity index (χ2v) is 10.3. The summed E-state index contributed by atoms with van der Waals surface area (Å²) < 4.78 is 33.0. The monoisotopic (exact) mass is 491 g/mol. The first-order valence-corrected chi connectivity index (χ1v) is 12.6. The zero-order valence-corrected chi connectivity index (χ0v) is 20.6. The van der Waals surface area contributed by atoms with Crippen LogP contribution in [0, 0.1) is 10.8 Å². The molecule has 186 valence electrons. The maximum absolute atomic E-state index is 13.4. The summed E-state index contributed by atoms with van der Waals surface area (Å²) in [5, 5.41) is 16.6. The standard InChI is InChI=1S/C24H33N3O6S/c1-4-33-24(29)26-22(14-19-8-6-5-7-9-19)23(28)17-27(16-18(2)3)34(31,32)21-12-10-20(11-13-21)15-25-30/h5-13,18,22-23,28H,4,14-17H2,1-3H3,(H,26,29)/t22-,23+/m0/s1. The molecule has 10 heteroatoms. The Kier molecular flexibility index (Phi) is 10.6. The Morgan fingerprint density at radius 3 is 2.26 bits per heavy atom. The van der Waals surface area contributed by atoms with Crippen molar-refractivity contribution in [2.45, 2.75) is 50.8 Å². The Bertz CT molecular complexity index is 1010. The van der Waals surface area contributed by atoms with Gasteiger partial charge in [0.05, 0.1) is 23.6 Å². The number of carbonyl (C=O) groups is 1. The summed E-state index contributed by atoms with van der Waals surface area (Å²) in [6.45, 7) is 5.52. The van der Waals surface area contributed by atoms with Crippen LogP contribution in [0.5, 0.6) is 0 Å². The normalized spacial score (nSPS) is 13.5. The van der Waals surface area contributed by atoms with Crippen molar-refractivity contribution in [2.75, 3.05) is 19.7 Å². The van der Waals surface area contributed by atoms with Crippen LogP contribution in [0.15, 0.2) is 64.7 Å². The number of rotatable bonds is 13. The van der Waals surface area contributed by atoms with Crippen LogP contribution in [-0.4, -0.2) is 55.8 Å². The summed E-state index contributed by atoms with van der Waals surface area (Å²) in [7, 11) is -3.95. The number of hydrogen-bond donors (Lipinski definition) is 2. The summed E-state index contributed by atoms with van der Waals surface area (Å²) in [5.74, 6) is -0.00824. The molecule has 0 saturated heterocycles. The molecule has 2 N–H and O–H groups in total. The molecule has 9 nitrogen and oxygen atoms in total. The Labute approximate surface area is 201 Å². The van der Waals surface area contributed by atoms with Gasteiger partial charge in [-0.25, -0.2) is 13.2 Å². The van der Waals surface area contributed by atoms with Gasteiger partial charge in [0, 0.05) is 13.1 Å². The molecule has 0 aliphatic heterocycles. The summed E-state index contributed by atoms with van der Waals surface area (Å²) in [4.78, 5) is 22.6. The van der Waals surface area contributed by atoms with E-state index in [1.165, 1.54) is 16.4 Å². The van der Waals surface area contributed by atoms with Crippen LogP contribution in [0.2, 0.25) is 0 Å². The van der Waals surface area contributed by atoms with Crippen molar-refractivity contribution < 1.29 is 23.1 Å². The third kappa shape index (κ3) is 8.19. The molecular weight excluding hydrogens is 458 g/mol. The van der Waals surface area contributed by atoms with E-state index in [9.17, 15) is 23.2 Å². The fourth-order valence-electron chi connectivity index (χ4n) is 3.48. The van der Waals surface area contributed by atoms with Gasteiger partial charge in [0.15, 0.2) is 0 Å². The van der Waals surface area contributed by atoms with Gasteiger partial charge < -0.3 is 15.2 Å². The number of hydrogen-bond acceptors (Lipinski definition) is 7. The molecule has 0 heterocycles. The molecule has 0 radical (unpaired) electrons. The van der Waals surface area contributed by atoms with Crippen molar-refractivity contribution in [3.8, 4) is 0 Å². The number of ether oxygens (including phenoxy) is 1. The topological polar surface area (TPSA) is 125 Å². The van der Waals surface area contributed by atoms with Crippen LogP contribution in [0.4, 0.5) is 4.79 Å². The highest BCUT2D eigenvalue weighted by Gasteiger charge is 2.31. The van der Waals surface area contributed by atoms with Crippen LogP contribution < -0.4 is 5.32 Å². The Balaban J connectivity index is 2.29. The molecule has 0 aliphatic carbocycles. The van der Waals surface area contributed by atoms with Crippen LogP contribution in [0.3, 0.4) is 0 Å². The number of amides is 1. The van der Waals surface area contributed by atoms with Gasteiger partial charge in [-0.15, -0.1) is 0 Å². The highest BCUT2D eigenvalue weighted by Crippen LogP contribution is 2.20. The molecule has 0 unspecified atom stereocenters. The van der Waals surface area contributed by atoms with Crippen LogP contribution in [0.25, 0.3) is 0 Å². The predicted octanol–water partition coefficient (Wildman–Crippen LogP) is 3.32. The molecule has 0 aliphatic rings. The molecule has 0 spiro atoms. The number of aliphatic hydroxyl groups excluding tert-OH is 1. The van der Waals surface area contributed by atoms with E-state index in [1.54, 1.807) is 19.1 Å². The summed E-state index contributed by atoms with van der Waals surface area (Å²) in [5.41, 5.74) is 1.48. The van der Waals surface area contributed by atoms with E-state index >= 15 is 0 Å². The zero-order valence-electron chi connectivity index (χ0n) is 19.8. The first-order chi connectivity index (χ1) is 16.2. The van der Waals surface area contributed by atoms with Crippen molar-refractivity contribution in [1.82, 2.24) is 9.62 Å². The van der Waals surface area contributed by atoms with Crippen molar-refractivity contribution in [2.24, 2.45) is 11.1 Å². The van der Waals surface area contributed by atoms with Crippen LogP contribution in [0.1, 0.15) is 31.9 Å². The number of benzene rings is 2. The molecule has 34 heavy (non-hydrogen) atoms. The predicted molar refractivity (Wildman–Crippen MR) is 130 cm³/mol. The molecule has 2 aromatic rings. The average Bonchev–Trinajstić information content (AvgIpc) is 2.79. The number of alkyl carbamates (subject to hydrolysis) is 1. The number of sulfonamides is 1. The fourth-order valence-corrected chi connectivity index (χ4v) is 5.10. The molecule has 0 fully saturated rings. The minimum Gasteiger partial charge on any atom is -0.450 e. The maximum Gasteiger partial charge on any atom is 0.407 e. The highest BCUT2D eigenvalue weighted by molar-refractivity contribution is 7.89. The lowest BCUT2D eigenvalue weighted by atomic mass is 10.0. The Morgan fingerprint density at radius 2 is 1.71 bits per heavy atom. The lowest BCUT2D eigenvalue weighted by molar-refractivity contribution is 0.0906. The van der Waals surface area contributed by atoms with E-state index in [1.807, 2.05) is 44.2 Å². The fraction of sp³-hybridized carbons (Fsp3) is 0.458. The van der Waals surface area contributed by atoms with Gasteiger partial charge in [0.1, 0.15) is 6.54 Å². The van der Waals surface area contributed by atoms with E-state index < -0.39 is 28.3 Å². The smallest absolute Gasteiger partial charge is 0.407 e. The van der Waals surface area contributed by atoms with Crippen molar-refractivity contribution in [1.29, 1.82) is 0 Å². The SMILES string of the molecule is CCOC(=O)N[C@@H](Cc1ccccc1)[C@H](O)CN(CC(C)C)S(=O)(=O)c1ccc(CN=O)cc1. The third-order valence-corrected chi connectivity index (χ3v) is 6.96. The quantitative estimate of drug-likeness (QED) is 0.414. The third-order valence-electron chi connectivity index (χ3n) is 5.11. The van der Waals surface area contributed by atoms with Gasteiger partial charge in [-0.3, -0.25) is 0 Å². The molecule has 1 amide bonds. The lowest BCUT2D eigenvalue weighted by Crippen LogP contribution is -2.51. The Morgan fingerprint density at radius 1 is 1.06 bits per heavy atom. The van der Waals surface area contributed by atoms with E-state index in [0.717, 1.165) is 5.56 Å². The average molecular weight is 492 g/mol. The van der Waals surface area contributed by atoms with E-state index in [4.69, 9.17) is 4.74 Å². The van der Waals surface area contributed by atoms with Gasteiger partial charge >= 0.3 is 6.09 Å². The van der Waals surface area contributed by atoms with Crippen molar-refractivity contribution >= 4 is 16.1 Å². The minimum absolute atomic E-state index is 0.00824. The number of carbonyl (C=O) groups excluding carboxylic acids is 1. The van der Waals surface area contributed by atoms with Crippen molar-refractivity contribution in [3.63, 3.8) is 0 Å². The van der Waals surface area contributed by atoms with Gasteiger partial charge in [-0.1, -0.05) is 61.5 Å². The Hall–Kier alpha value is -2.82. The lowest BCUT2D eigenvalue weighted by Gasteiger charge is -2.30. The maximum atomic E-state index is 13.4. The number of nitrogens with one attached hydrogen (secondary N) is 1. The first kappa shape index (κ1) is 27.4. The van der Waals surface area contributed by atoms with E-state index in [0.29, 0.717) is 12.0 Å². The van der Waals surface area contributed by atoms with Crippen LogP contribution >= 0.6 is 0 Å². The molecule has 0 saturated carbocycles. The van der Waals surface area contributed by atoms with E-state index in [-0.39, 0.29) is 37.1 Å². The minimum atomic E-state index is -3.95. The first-order valence-electron chi connectivity index (χ1n) is 11.2.